The predicted molar refractivity (Wildman–Crippen MR) is 140 cm³/mol. The van der Waals surface area contributed by atoms with E-state index < -0.39 is 6.04 Å². The van der Waals surface area contributed by atoms with Crippen LogP contribution in [0.3, 0.4) is 0 Å². The third kappa shape index (κ3) is 8.14. The van der Waals surface area contributed by atoms with Gasteiger partial charge in [-0.05, 0) is 77.0 Å². The van der Waals surface area contributed by atoms with Gasteiger partial charge in [-0.15, -0.1) is 0 Å². The number of carbonyl (C=O) groups excluding carboxylic acids is 2. The van der Waals surface area contributed by atoms with Gasteiger partial charge in [-0.2, -0.15) is 0 Å². The van der Waals surface area contributed by atoms with E-state index in [0.29, 0.717) is 12.3 Å². The van der Waals surface area contributed by atoms with E-state index in [1.165, 1.54) is 5.56 Å². The van der Waals surface area contributed by atoms with Crippen molar-refractivity contribution in [1.29, 1.82) is 0 Å². The van der Waals surface area contributed by atoms with Gasteiger partial charge in [0.2, 0.25) is 5.91 Å². The fraction of sp³-hybridized carbons (Fsp3) is 0.462. The molecule has 1 N–H and O–H groups in total. The van der Waals surface area contributed by atoms with E-state index >= 15 is 0 Å². The summed E-state index contributed by atoms with van der Waals surface area (Å²) in [7, 11) is 0. The molecule has 0 aliphatic rings. The van der Waals surface area contributed by atoms with Crippen LogP contribution in [-0.2, 0) is 21.5 Å². The van der Waals surface area contributed by atoms with Gasteiger partial charge in [0.05, 0.1) is 4.47 Å². The Bertz CT molecular complexity index is 955. The van der Waals surface area contributed by atoms with Gasteiger partial charge in [0.1, 0.15) is 11.8 Å². The Labute approximate surface area is 214 Å². The largest absolute Gasteiger partial charge is 0.483 e. The number of carbonyl (C=O) groups is 2. The maximum absolute atomic E-state index is 13.2. The first-order valence-corrected chi connectivity index (χ1v) is 12.8. The van der Waals surface area contributed by atoms with Crippen molar-refractivity contribution in [2.24, 2.45) is 0 Å². The Kier molecular flexibility index (Phi) is 9.98. The van der Waals surface area contributed by atoms with Crippen molar-refractivity contribution in [1.82, 2.24) is 10.2 Å². The molecule has 2 rings (SSSR count). The highest BCUT2D eigenvalue weighted by Crippen LogP contribution is 2.31. The van der Waals surface area contributed by atoms with Gasteiger partial charge in [0.15, 0.2) is 6.61 Å². The molecule has 0 unspecified atom stereocenters. The first kappa shape index (κ1) is 27.4. The number of amides is 2. The maximum Gasteiger partial charge on any atom is 0.261 e. The lowest BCUT2D eigenvalue weighted by Crippen LogP contribution is -2.50. The summed E-state index contributed by atoms with van der Waals surface area (Å²) >= 11 is 6.99. The molecule has 180 valence electrons. The van der Waals surface area contributed by atoms with Gasteiger partial charge < -0.3 is 15.0 Å². The van der Waals surface area contributed by atoms with Crippen molar-refractivity contribution < 1.29 is 14.3 Å². The van der Waals surface area contributed by atoms with Crippen molar-refractivity contribution >= 4 is 43.7 Å². The lowest BCUT2D eigenvalue weighted by molar-refractivity contribution is -0.142. The molecular formula is C26H34Br2N2O3. The average Bonchev–Trinajstić information content (AvgIpc) is 2.76. The smallest absolute Gasteiger partial charge is 0.261 e. The highest BCUT2D eigenvalue weighted by Gasteiger charge is 2.27. The first-order valence-electron chi connectivity index (χ1n) is 11.2. The van der Waals surface area contributed by atoms with Crippen molar-refractivity contribution in [3.8, 4) is 5.75 Å². The number of benzene rings is 2. The molecule has 0 fully saturated rings. The van der Waals surface area contributed by atoms with Gasteiger partial charge in [0, 0.05) is 17.1 Å². The third-order valence-electron chi connectivity index (χ3n) is 5.58. The van der Waals surface area contributed by atoms with Gasteiger partial charge in [-0.25, -0.2) is 0 Å². The van der Waals surface area contributed by atoms with Crippen LogP contribution < -0.4 is 10.1 Å². The first-order chi connectivity index (χ1) is 15.4. The van der Waals surface area contributed by atoms with Crippen LogP contribution in [0, 0.1) is 0 Å². The molecule has 0 aliphatic heterocycles. The molecule has 7 heteroatoms. The molecule has 0 aliphatic carbocycles. The lowest BCUT2D eigenvalue weighted by atomic mass is 9.87. The van der Waals surface area contributed by atoms with E-state index in [0.717, 1.165) is 20.9 Å². The summed E-state index contributed by atoms with van der Waals surface area (Å²) in [6.07, 6.45) is 0.820. The van der Waals surface area contributed by atoms with Crippen molar-refractivity contribution in [2.45, 2.75) is 72.0 Å². The maximum atomic E-state index is 13.2. The van der Waals surface area contributed by atoms with Crippen LogP contribution >= 0.6 is 31.9 Å². The number of hydrogen-bond acceptors (Lipinski definition) is 3. The van der Waals surface area contributed by atoms with E-state index in [4.69, 9.17) is 4.74 Å². The monoisotopic (exact) mass is 580 g/mol. The normalized spacial score (nSPS) is 13.2. The molecule has 33 heavy (non-hydrogen) atoms. The number of ether oxygens (including phenoxy) is 1. The van der Waals surface area contributed by atoms with Gasteiger partial charge in [0.25, 0.3) is 5.91 Å². The molecular weight excluding hydrogens is 548 g/mol. The molecule has 0 spiro atoms. The molecule has 0 radical (unpaired) electrons. The Hall–Kier alpha value is -1.86. The minimum atomic E-state index is -0.634. The topological polar surface area (TPSA) is 58.6 Å². The van der Waals surface area contributed by atoms with Crippen molar-refractivity contribution in [3.05, 3.63) is 62.5 Å². The van der Waals surface area contributed by atoms with E-state index in [2.05, 4.69) is 57.9 Å². The predicted octanol–water partition coefficient (Wildman–Crippen LogP) is 6.22. The zero-order valence-corrected chi connectivity index (χ0v) is 23.4. The van der Waals surface area contributed by atoms with E-state index in [9.17, 15) is 9.59 Å². The van der Waals surface area contributed by atoms with Crippen molar-refractivity contribution in [3.63, 3.8) is 0 Å². The van der Waals surface area contributed by atoms with Crippen LogP contribution in [0.1, 0.15) is 59.1 Å². The summed E-state index contributed by atoms with van der Waals surface area (Å²) in [6.45, 7) is 12.3. The standard InChI is InChI=1S/C26H34Br2N2O3/c1-7-17(2)29-25(32)18(3)30(15-19-8-11-21(27)12-9-19)24(31)16-33-23-13-10-20(14-22(23)28)26(4,5)6/h8-14,17-18H,7,15-16H2,1-6H3,(H,29,32)/t17-,18+/m1/s1. The number of hydrogen-bond donors (Lipinski definition) is 1. The van der Waals surface area contributed by atoms with Gasteiger partial charge in [-0.1, -0.05) is 61.8 Å². The molecule has 2 aromatic rings. The van der Waals surface area contributed by atoms with Gasteiger partial charge >= 0.3 is 0 Å². The zero-order chi connectivity index (χ0) is 24.8. The summed E-state index contributed by atoms with van der Waals surface area (Å²) in [6, 6.07) is 13.0. The van der Waals surface area contributed by atoms with Crippen LogP contribution in [0.2, 0.25) is 0 Å². The summed E-state index contributed by atoms with van der Waals surface area (Å²) in [4.78, 5) is 27.6. The van der Waals surface area contributed by atoms with Crippen LogP contribution in [0.15, 0.2) is 51.4 Å². The number of nitrogens with zero attached hydrogens (tertiary/aromatic N) is 1. The Balaban J connectivity index is 2.18. The lowest BCUT2D eigenvalue weighted by Gasteiger charge is -2.29. The van der Waals surface area contributed by atoms with Crippen LogP contribution in [-0.4, -0.2) is 35.4 Å². The number of nitrogens with one attached hydrogen (secondary N) is 1. The molecule has 0 saturated heterocycles. The van der Waals surface area contributed by atoms with E-state index in [1.54, 1.807) is 11.8 Å². The number of halogens is 2. The number of rotatable bonds is 9. The molecule has 0 aromatic heterocycles. The van der Waals surface area contributed by atoms with Crippen molar-refractivity contribution in [2.75, 3.05) is 6.61 Å². The fourth-order valence-electron chi connectivity index (χ4n) is 3.14. The van der Waals surface area contributed by atoms with Gasteiger partial charge in [-0.3, -0.25) is 9.59 Å². The second-order valence-corrected chi connectivity index (χ2v) is 11.1. The summed E-state index contributed by atoms with van der Waals surface area (Å²) in [5, 5.41) is 2.97. The highest BCUT2D eigenvalue weighted by molar-refractivity contribution is 9.10. The molecule has 2 amide bonds. The van der Waals surface area contributed by atoms with Crippen LogP contribution in [0.5, 0.6) is 5.75 Å². The minimum absolute atomic E-state index is 0.0107. The van der Waals surface area contributed by atoms with Crippen LogP contribution in [0.25, 0.3) is 0 Å². The summed E-state index contributed by atoms with van der Waals surface area (Å²) < 4.78 is 7.61. The van der Waals surface area contributed by atoms with E-state index in [1.807, 2.05) is 56.3 Å². The summed E-state index contributed by atoms with van der Waals surface area (Å²) in [5.74, 6) is 0.165. The molecule has 2 atom stereocenters. The fourth-order valence-corrected chi connectivity index (χ4v) is 3.90. The quantitative estimate of drug-likeness (QED) is 0.382. The Morgan fingerprint density at radius 1 is 1.06 bits per heavy atom. The second kappa shape index (κ2) is 12.0. The highest BCUT2D eigenvalue weighted by atomic mass is 79.9. The van der Waals surface area contributed by atoms with Crippen LogP contribution in [0.4, 0.5) is 0 Å². The molecule has 0 bridgehead atoms. The average molecular weight is 582 g/mol. The van der Waals surface area contributed by atoms with E-state index in [-0.39, 0.29) is 29.9 Å². The molecule has 5 nitrogen and oxygen atoms in total. The molecule has 0 saturated carbocycles. The zero-order valence-electron chi connectivity index (χ0n) is 20.2. The Morgan fingerprint density at radius 2 is 1.70 bits per heavy atom. The Morgan fingerprint density at radius 3 is 2.24 bits per heavy atom. The third-order valence-corrected chi connectivity index (χ3v) is 6.73. The minimum Gasteiger partial charge on any atom is -0.483 e. The SMILES string of the molecule is CC[C@@H](C)NC(=O)[C@H](C)N(Cc1ccc(Br)cc1)C(=O)COc1ccc(C(C)(C)C)cc1Br. The molecule has 2 aromatic carbocycles. The molecule has 0 heterocycles. The summed E-state index contributed by atoms with van der Waals surface area (Å²) in [5.41, 5.74) is 2.11. The second-order valence-electron chi connectivity index (χ2n) is 9.33.